The average Bonchev–Trinajstić information content (AvgIpc) is 3.09. The van der Waals surface area contributed by atoms with Crippen molar-refractivity contribution in [1.82, 2.24) is 10.2 Å². The van der Waals surface area contributed by atoms with Crippen LogP contribution in [0.25, 0.3) is 0 Å². The van der Waals surface area contributed by atoms with Crippen molar-refractivity contribution < 1.29 is 9.59 Å². The lowest BCUT2D eigenvalue weighted by Gasteiger charge is -2.23. The molecule has 1 aliphatic heterocycles. The molecule has 4 unspecified atom stereocenters. The topological polar surface area (TPSA) is 75.4 Å². The fourth-order valence-corrected chi connectivity index (χ4v) is 4.27. The van der Waals surface area contributed by atoms with E-state index >= 15 is 0 Å². The molecule has 4 atom stereocenters. The summed E-state index contributed by atoms with van der Waals surface area (Å²) in [6.45, 7) is 3.05. The van der Waals surface area contributed by atoms with Gasteiger partial charge in [0.05, 0.1) is 12.5 Å². The highest BCUT2D eigenvalue weighted by Crippen LogP contribution is 2.37. The number of amides is 2. The van der Waals surface area contributed by atoms with Gasteiger partial charge in [0.2, 0.25) is 11.8 Å². The van der Waals surface area contributed by atoms with Crippen LogP contribution in [0.1, 0.15) is 37.8 Å². The van der Waals surface area contributed by atoms with Crippen molar-refractivity contribution in [3.63, 3.8) is 0 Å². The third-order valence-electron chi connectivity index (χ3n) is 5.29. The first kappa shape index (κ1) is 17.4. The van der Waals surface area contributed by atoms with Crippen molar-refractivity contribution in [2.45, 2.75) is 38.3 Å². The molecule has 0 spiro atoms. The number of fused-ring (bicyclic) bond motifs is 1. The number of nitrogens with two attached hydrogens (primary N) is 1. The first-order valence-corrected chi connectivity index (χ1v) is 9.29. The van der Waals surface area contributed by atoms with E-state index in [1.165, 1.54) is 6.92 Å². The summed E-state index contributed by atoms with van der Waals surface area (Å²) in [5.74, 6) is 0.964. The third kappa shape index (κ3) is 3.81. The lowest BCUT2D eigenvalue weighted by atomic mass is 9.98. The van der Waals surface area contributed by atoms with Gasteiger partial charge in [0.25, 0.3) is 0 Å². The highest BCUT2D eigenvalue weighted by atomic mass is 79.9. The fraction of sp³-hybridized carbons (Fsp3) is 0.556. The number of likely N-dealkylation sites (tertiary alicyclic amines) is 1. The lowest BCUT2D eigenvalue weighted by molar-refractivity contribution is -0.131. The Labute approximate surface area is 151 Å². The number of hydrogen-bond acceptors (Lipinski definition) is 3. The highest BCUT2D eigenvalue weighted by Gasteiger charge is 2.42. The Morgan fingerprint density at radius 2 is 2.00 bits per heavy atom. The Morgan fingerprint density at radius 3 is 2.62 bits per heavy atom. The number of carbonyl (C=O) groups is 2. The van der Waals surface area contributed by atoms with E-state index in [2.05, 4.69) is 21.2 Å². The molecule has 3 rings (SSSR count). The maximum atomic E-state index is 12.7. The predicted octanol–water partition coefficient (Wildman–Crippen LogP) is 2.21. The number of halogens is 1. The maximum Gasteiger partial charge on any atom is 0.225 e. The predicted molar refractivity (Wildman–Crippen MR) is 96.1 cm³/mol. The Kier molecular flexibility index (Phi) is 5.25. The van der Waals surface area contributed by atoms with Crippen LogP contribution >= 0.6 is 15.9 Å². The summed E-state index contributed by atoms with van der Waals surface area (Å²) < 4.78 is 0.973. The second-order valence-electron chi connectivity index (χ2n) is 6.97. The maximum absolute atomic E-state index is 12.7. The monoisotopic (exact) mass is 393 g/mol. The summed E-state index contributed by atoms with van der Waals surface area (Å²) in [6.07, 6.45) is 2.48. The molecule has 1 aliphatic carbocycles. The van der Waals surface area contributed by atoms with Crippen molar-refractivity contribution in [3.05, 3.63) is 34.3 Å². The first-order valence-electron chi connectivity index (χ1n) is 8.50. The zero-order valence-electron chi connectivity index (χ0n) is 13.9. The highest BCUT2D eigenvalue weighted by molar-refractivity contribution is 9.10. The van der Waals surface area contributed by atoms with Crippen molar-refractivity contribution in [3.8, 4) is 0 Å². The van der Waals surface area contributed by atoms with E-state index in [1.807, 2.05) is 29.2 Å². The van der Waals surface area contributed by atoms with Crippen LogP contribution in [-0.4, -0.2) is 35.8 Å². The molecule has 1 heterocycles. The normalized spacial score (nSPS) is 27.0. The van der Waals surface area contributed by atoms with Crippen LogP contribution in [0.15, 0.2) is 28.7 Å². The van der Waals surface area contributed by atoms with E-state index in [0.29, 0.717) is 11.8 Å². The first-order chi connectivity index (χ1) is 11.4. The van der Waals surface area contributed by atoms with E-state index in [0.717, 1.165) is 36.0 Å². The summed E-state index contributed by atoms with van der Waals surface area (Å²) in [5, 5.41) is 2.90. The Bertz CT molecular complexity index is 619. The molecule has 3 N–H and O–H groups in total. The molecule has 2 amide bonds. The minimum Gasteiger partial charge on any atom is -0.349 e. The van der Waals surface area contributed by atoms with Crippen molar-refractivity contribution >= 4 is 27.7 Å². The largest absolute Gasteiger partial charge is 0.349 e. The molecular formula is C18H24BrN3O2. The molecule has 6 heteroatoms. The van der Waals surface area contributed by atoms with Crippen LogP contribution in [0.4, 0.5) is 0 Å². The van der Waals surface area contributed by atoms with Gasteiger partial charge in [-0.25, -0.2) is 0 Å². The van der Waals surface area contributed by atoms with Crippen LogP contribution in [-0.2, 0) is 9.59 Å². The van der Waals surface area contributed by atoms with Gasteiger partial charge in [-0.3, -0.25) is 9.59 Å². The summed E-state index contributed by atoms with van der Waals surface area (Å²) in [7, 11) is 0. The Morgan fingerprint density at radius 1 is 1.29 bits per heavy atom. The molecular weight excluding hydrogens is 370 g/mol. The van der Waals surface area contributed by atoms with Crippen molar-refractivity contribution in [1.29, 1.82) is 0 Å². The smallest absolute Gasteiger partial charge is 0.225 e. The van der Waals surface area contributed by atoms with Crippen LogP contribution < -0.4 is 11.1 Å². The number of carbonyl (C=O) groups excluding carboxylic acids is 2. The Hall–Kier alpha value is -1.40. The fourth-order valence-electron chi connectivity index (χ4n) is 4.01. The second kappa shape index (κ2) is 7.23. The molecule has 2 aliphatic rings. The average molecular weight is 394 g/mol. The molecule has 1 aromatic carbocycles. The van der Waals surface area contributed by atoms with E-state index in [9.17, 15) is 9.59 Å². The zero-order chi connectivity index (χ0) is 17.3. The van der Waals surface area contributed by atoms with E-state index in [-0.39, 0.29) is 30.3 Å². The molecule has 2 fully saturated rings. The Balaban J connectivity index is 1.67. The molecule has 1 saturated carbocycles. The summed E-state index contributed by atoms with van der Waals surface area (Å²) in [4.78, 5) is 26.2. The molecule has 0 aromatic heterocycles. The standard InChI is InChI=1S/C18H24BrN3O2/c1-11(23)21-17(12-2-5-14(19)6-3-12)8-18(24)22-9-13-4-7-16(20)15(13)10-22/h2-3,5-6,13,15-17H,4,7-10,20H2,1H3,(H,21,23). The van der Waals surface area contributed by atoms with Gasteiger partial charge in [-0.1, -0.05) is 28.1 Å². The molecule has 5 nitrogen and oxygen atoms in total. The van der Waals surface area contributed by atoms with E-state index in [4.69, 9.17) is 5.73 Å². The van der Waals surface area contributed by atoms with E-state index in [1.54, 1.807) is 0 Å². The number of nitrogens with one attached hydrogen (secondary N) is 1. The quantitative estimate of drug-likeness (QED) is 0.822. The summed E-state index contributed by atoms with van der Waals surface area (Å²) >= 11 is 3.41. The van der Waals surface area contributed by atoms with Gasteiger partial charge in [0, 0.05) is 30.5 Å². The second-order valence-corrected chi connectivity index (χ2v) is 7.89. The number of hydrogen-bond donors (Lipinski definition) is 2. The van der Waals surface area contributed by atoms with Gasteiger partial charge in [-0.05, 0) is 42.4 Å². The van der Waals surface area contributed by atoms with Crippen molar-refractivity contribution in [2.24, 2.45) is 17.6 Å². The van der Waals surface area contributed by atoms with Crippen LogP contribution in [0.2, 0.25) is 0 Å². The third-order valence-corrected chi connectivity index (χ3v) is 5.82. The molecule has 0 bridgehead atoms. The van der Waals surface area contributed by atoms with Gasteiger partial charge >= 0.3 is 0 Å². The van der Waals surface area contributed by atoms with Gasteiger partial charge in [-0.2, -0.15) is 0 Å². The minimum atomic E-state index is -0.294. The van der Waals surface area contributed by atoms with Gasteiger partial charge in [0.15, 0.2) is 0 Å². The lowest BCUT2D eigenvalue weighted by Crippen LogP contribution is -2.36. The number of benzene rings is 1. The van der Waals surface area contributed by atoms with Gasteiger partial charge in [-0.15, -0.1) is 0 Å². The molecule has 1 aromatic rings. The van der Waals surface area contributed by atoms with Gasteiger partial charge in [0.1, 0.15) is 0 Å². The SMILES string of the molecule is CC(=O)NC(CC(=O)N1CC2CCC(N)C2C1)c1ccc(Br)cc1. The van der Waals surface area contributed by atoms with Crippen LogP contribution in [0, 0.1) is 11.8 Å². The zero-order valence-corrected chi connectivity index (χ0v) is 15.5. The van der Waals surface area contributed by atoms with E-state index < -0.39 is 0 Å². The number of rotatable bonds is 4. The van der Waals surface area contributed by atoms with Crippen LogP contribution in [0.3, 0.4) is 0 Å². The molecule has 130 valence electrons. The molecule has 24 heavy (non-hydrogen) atoms. The van der Waals surface area contributed by atoms with Crippen molar-refractivity contribution in [2.75, 3.05) is 13.1 Å². The van der Waals surface area contributed by atoms with Gasteiger partial charge < -0.3 is 16.0 Å². The number of nitrogens with zero attached hydrogens (tertiary/aromatic N) is 1. The minimum absolute atomic E-state index is 0.0956. The van der Waals surface area contributed by atoms with Crippen LogP contribution in [0.5, 0.6) is 0 Å². The molecule has 1 saturated heterocycles. The summed E-state index contributed by atoms with van der Waals surface area (Å²) in [6, 6.07) is 7.66. The summed E-state index contributed by atoms with van der Waals surface area (Å²) in [5.41, 5.74) is 7.10. The molecule has 0 radical (unpaired) electrons.